The van der Waals surface area contributed by atoms with Crippen LogP contribution in [0, 0.1) is 0 Å². The molecule has 7 heteroatoms. The molecule has 0 aliphatic heterocycles. The number of aromatic amines is 1. The van der Waals surface area contributed by atoms with Crippen molar-refractivity contribution in [2.45, 2.75) is 19.5 Å². The summed E-state index contributed by atoms with van der Waals surface area (Å²) in [6.45, 7) is 2.32. The molecule has 1 aromatic carbocycles. The van der Waals surface area contributed by atoms with Gasteiger partial charge in [-0.05, 0) is 18.6 Å². The summed E-state index contributed by atoms with van der Waals surface area (Å²) in [5.74, 6) is -0.0852. The molecule has 1 amide bonds. The Kier molecular flexibility index (Phi) is 4.18. The monoisotopic (exact) mass is 348 g/mol. The smallest absolute Gasteiger partial charge is 0.244 e. The molecule has 132 valence electrons. The Bertz CT molecular complexity index is 1040. The van der Waals surface area contributed by atoms with Gasteiger partial charge in [-0.3, -0.25) is 9.48 Å². The first-order chi connectivity index (χ1) is 12.7. The Morgan fingerprint density at radius 3 is 2.96 bits per heavy atom. The van der Waals surface area contributed by atoms with Gasteiger partial charge < -0.3 is 10.3 Å². The van der Waals surface area contributed by atoms with Crippen LogP contribution in [0.1, 0.15) is 20.0 Å². The normalized spacial score (nSPS) is 12.2. The lowest BCUT2D eigenvalue weighted by Crippen LogP contribution is -2.30. The number of nitrogens with zero attached hydrogens (tertiary/aromatic N) is 4. The number of rotatable bonds is 5. The van der Waals surface area contributed by atoms with Crippen molar-refractivity contribution >= 4 is 16.9 Å². The third-order valence-electron chi connectivity index (χ3n) is 4.31. The highest BCUT2D eigenvalue weighted by atomic mass is 16.2. The number of H-pyrrole nitrogens is 1. The molecule has 0 bridgehead atoms. The third kappa shape index (κ3) is 3.06. The van der Waals surface area contributed by atoms with Crippen LogP contribution >= 0.6 is 0 Å². The average molecular weight is 348 g/mol. The first-order valence-electron chi connectivity index (χ1n) is 8.36. The lowest BCUT2D eigenvalue weighted by Gasteiger charge is -2.12. The number of benzene rings is 1. The van der Waals surface area contributed by atoms with Crippen molar-refractivity contribution in [3.63, 3.8) is 0 Å². The molecule has 1 unspecified atom stereocenters. The second kappa shape index (κ2) is 6.79. The van der Waals surface area contributed by atoms with Crippen LogP contribution in [0.15, 0.2) is 61.3 Å². The maximum atomic E-state index is 12.4. The van der Waals surface area contributed by atoms with E-state index in [1.165, 1.54) is 6.33 Å². The van der Waals surface area contributed by atoms with E-state index in [4.69, 9.17) is 0 Å². The Morgan fingerprint density at radius 2 is 2.12 bits per heavy atom. The highest BCUT2D eigenvalue weighted by molar-refractivity contribution is 5.90. The molecule has 0 saturated heterocycles. The first-order valence-corrected chi connectivity index (χ1v) is 8.36. The van der Waals surface area contributed by atoms with Gasteiger partial charge >= 0.3 is 0 Å². The second-order valence-corrected chi connectivity index (χ2v) is 6.05. The van der Waals surface area contributed by atoms with E-state index >= 15 is 0 Å². The zero-order valence-corrected chi connectivity index (χ0v) is 14.3. The van der Waals surface area contributed by atoms with Gasteiger partial charge in [-0.2, -0.15) is 5.10 Å². The molecule has 2 N–H and O–H groups in total. The highest BCUT2D eigenvalue weighted by Crippen LogP contribution is 2.24. The summed E-state index contributed by atoms with van der Waals surface area (Å²) < 4.78 is 1.65. The van der Waals surface area contributed by atoms with Crippen molar-refractivity contribution in [1.82, 2.24) is 30.0 Å². The molecule has 4 rings (SSSR count). The molecule has 4 aromatic rings. The summed E-state index contributed by atoms with van der Waals surface area (Å²) in [6.07, 6.45) is 6.89. The molecule has 3 heterocycles. The summed E-state index contributed by atoms with van der Waals surface area (Å²) in [6, 6.07) is 11.3. The molecule has 0 aliphatic carbocycles. The maximum Gasteiger partial charge on any atom is 0.244 e. The van der Waals surface area contributed by atoms with Crippen molar-refractivity contribution in [1.29, 1.82) is 0 Å². The predicted octanol–water partition coefficient (Wildman–Crippen LogP) is 2.94. The molecule has 0 spiro atoms. The number of aromatic nitrogens is 5. The zero-order chi connectivity index (χ0) is 17.9. The van der Waals surface area contributed by atoms with Gasteiger partial charge in [0.2, 0.25) is 5.91 Å². The second-order valence-electron chi connectivity index (χ2n) is 6.05. The molecule has 26 heavy (non-hydrogen) atoms. The van der Waals surface area contributed by atoms with Gasteiger partial charge in [0.05, 0.1) is 11.9 Å². The highest BCUT2D eigenvalue weighted by Gasteiger charge is 2.17. The topological polar surface area (TPSA) is 88.5 Å². The standard InChI is InChI=1S/C19H18N6O.H2/c1-13(19(26)21-9-14-5-3-2-4-6-14)25-11-15(10-24-25)17-16-7-8-20-18(16)23-12-22-17;/h2-8,10-13H,9H2,1H3,(H,21,26)(H,20,22,23);1H. The minimum atomic E-state index is -0.420. The lowest BCUT2D eigenvalue weighted by atomic mass is 10.2. The molecular weight excluding hydrogens is 328 g/mol. The Balaban J connectivity index is 0.00000210. The fourth-order valence-corrected chi connectivity index (χ4v) is 2.83. The van der Waals surface area contributed by atoms with Crippen LogP contribution in [-0.4, -0.2) is 30.6 Å². The fraction of sp³-hybridized carbons (Fsp3) is 0.158. The molecule has 1 atom stereocenters. The molecule has 0 aliphatic rings. The molecular formula is C19H20N6O. The quantitative estimate of drug-likeness (QED) is 0.580. The molecule has 0 radical (unpaired) electrons. The van der Waals surface area contributed by atoms with E-state index in [-0.39, 0.29) is 7.33 Å². The number of hydrogen-bond donors (Lipinski definition) is 2. The average Bonchev–Trinajstić information content (AvgIpc) is 3.35. The zero-order valence-electron chi connectivity index (χ0n) is 14.3. The molecule has 0 fully saturated rings. The summed E-state index contributed by atoms with van der Waals surface area (Å²) >= 11 is 0. The minimum Gasteiger partial charge on any atom is -0.350 e. The van der Waals surface area contributed by atoms with Crippen LogP contribution in [0.4, 0.5) is 0 Å². The predicted molar refractivity (Wildman–Crippen MR) is 100 cm³/mol. The van der Waals surface area contributed by atoms with Crippen molar-refractivity contribution in [3.8, 4) is 11.3 Å². The van der Waals surface area contributed by atoms with Crippen LogP contribution in [0.2, 0.25) is 0 Å². The molecule has 0 saturated carbocycles. The van der Waals surface area contributed by atoms with Gasteiger partial charge in [-0.25, -0.2) is 9.97 Å². The van der Waals surface area contributed by atoms with E-state index in [0.717, 1.165) is 27.9 Å². The van der Waals surface area contributed by atoms with Gasteiger partial charge in [0.1, 0.15) is 18.0 Å². The van der Waals surface area contributed by atoms with E-state index in [2.05, 4.69) is 25.4 Å². The van der Waals surface area contributed by atoms with Gasteiger partial charge in [0.15, 0.2) is 0 Å². The van der Waals surface area contributed by atoms with Crippen molar-refractivity contribution in [2.24, 2.45) is 0 Å². The van der Waals surface area contributed by atoms with Gasteiger partial charge in [-0.15, -0.1) is 0 Å². The van der Waals surface area contributed by atoms with Crippen LogP contribution in [0.5, 0.6) is 0 Å². The van der Waals surface area contributed by atoms with Crippen LogP contribution in [-0.2, 0) is 11.3 Å². The molecule has 3 aromatic heterocycles. The number of nitrogens with one attached hydrogen (secondary N) is 2. The first kappa shape index (κ1) is 16.0. The summed E-state index contributed by atoms with van der Waals surface area (Å²) in [5.41, 5.74) is 3.47. The minimum absolute atomic E-state index is 0. The van der Waals surface area contributed by atoms with Crippen molar-refractivity contribution in [2.75, 3.05) is 0 Å². The largest absolute Gasteiger partial charge is 0.350 e. The fourth-order valence-electron chi connectivity index (χ4n) is 2.83. The van der Waals surface area contributed by atoms with Crippen LogP contribution in [0.25, 0.3) is 22.3 Å². The van der Waals surface area contributed by atoms with Gasteiger partial charge in [0.25, 0.3) is 0 Å². The van der Waals surface area contributed by atoms with E-state index in [1.54, 1.807) is 10.9 Å². The van der Waals surface area contributed by atoms with E-state index in [9.17, 15) is 4.79 Å². The van der Waals surface area contributed by atoms with Gasteiger partial charge in [0, 0.05) is 31.3 Å². The number of carbonyl (C=O) groups excluding carboxylic acids is 1. The lowest BCUT2D eigenvalue weighted by molar-refractivity contribution is -0.124. The van der Waals surface area contributed by atoms with Crippen molar-refractivity contribution in [3.05, 3.63) is 66.9 Å². The van der Waals surface area contributed by atoms with E-state index < -0.39 is 6.04 Å². The van der Waals surface area contributed by atoms with Crippen LogP contribution in [0.3, 0.4) is 0 Å². The third-order valence-corrected chi connectivity index (χ3v) is 4.31. The van der Waals surface area contributed by atoms with E-state index in [1.807, 2.05) is 55.7 Å². The number of fused-ring (bicyclic) bond motifs is 1. The number of hydrogen-bond acceptors (Lipinski definition) is 4. The number of carbonyl (C=O) groups is 1. The Labute approximate surface area is 151 Å². The van der Waals surface area contributed by atoms with E-state index in [0.29, 0.717) is 6.54 Å². The summed E-state index contributed by atoms with van der Waals surface area (Å²) in [5, 5.41) is 8.21. The summed E-state index contributed by atoms with van der Waals surface area (Å²) in [7, 11) is 0. The Morgan fingerprint density at radius 1 is 1.27 bits per heavy atom. The SMILES string of the molecule is CC(C(=O)NCc1ccccc1)n1cc(-c2ncnc3[nH]ccc23)cn1.[HH]. The van der Waals surface area contributed by atoms with Crippen molar-refractivity contribution < 1.29 is 6.22 Å². The molecule has 7 nitrogen and oxygen atoms in total. The summed E-state index contributed by atoms with van der Waals surface area (Å²) in [4.78, 5) is 24.0. The van der Waals surface area contributed by atoms with Gasteiger partial charge in [-0.1, -0.05) is 30.3 Å². The van der Waals surface area contributed by atoms with Crippen LogP contribution < -0.4 is 5.32 Å². The number of amides is 1. The maximum absolute atomic E-state index is 12.4. The Hall–Kier alpha value is -3.48.